The molecule has 0 saturated carbocycles. The maximum absolute atomic E-state index is 14.6. The smallest absolute Gasteiger partial charge is 0.147 e. The molecule has 28 heavy (non-hydrogen) atoms. The zero-order valence-electron chi connectivity index (χ0n) is 15.7. The number of fused-ring (bicyclic) bond motifs is 1. The fraction of sp³-hybridized carbons (Fsp3) is 0.350. The topological polar surface area (TPSA) is 77.2 Å². The Labute approximate surface area is 167 Å². The van der Waals surface area contributed by atoms with E-state index in [0.29, 0.717) is 42.4 Å². The molecule has 0 radical (unpaired) electrons. The number of rotatable bonds is 3. The molecule has 6 nitrogen and oxygen atoms in total. The minimum Gasteiger partial charge on any atom is -0.372 e. The summed E-state index contributed by atoms with van der Waals surface area (Å²) in [6.07, 6.45) is 1.79. The molecular weight excluding hydrogens is 381 g/mol. The van der Waals surface area contributed by atoms with Gasteiger partial charge in [-0.15, -0.1) is 0 Å². The van der Waals surface area contributed by atoms with Crippen molar-refractivity contribution in [1.29, 1.82) is 0 Å². The van der Waals surface area contributed by atoms with Crippen molar-refractivity contribution in [3.05, 3.63) is 47.0 Å². The van der Waals surface area contributed by atoms with E-state index in [1.807, 2.05) is 30.9 Å². The van der Waals surface area contributed by atoms with Gasteiger partial charge in [0.15, 0.2) is 0 Å². The summed E-state index contributed by atoms with van der Waals surface area (Å²) in [6, 6.07) is 6.83. The summed E-state index contributed by atoms with van der Waals surface area (Å²) in [5.41, 5.74) is 7.93. The molecular formula is C20H21ClFN5O. The predicted molar refractivity (Wildman–Crippen MR) is 108 cm³/mol. The number of halogens is 2. The Morgan fingerprint density at radius 1 is 1.21 bits per heavy atom. The van der Waals surface area contributed by atoms with Gasteiger partial charge in [-0.1, -0.05) is 11.6 Å². The molecule has 0 spiro atoms. The van der Waals surface area contributed by atoms with Crippen molar-refractivity contribution in [1.82, 2.24) is 15.0 Å². The first kappa shape index (κ1) is 19.0. The largest absolute Gasteiger partial charge is 0.372 e. The predicted octanol–water partition coefficient (Wildman–Crippen LogP) is 3.56. The van der Waals surface area contributed by atoms with E-state index < -0.39 is 5.82 Å². The summed E-state index contributed by atoms with van der Waals surface area (Å²) in [6.45, 7) is 5.56. The van der Waals surface area contributed by atoms with Crippen molar-refractivity contribution >= 4 is 28.3 Å². The average Bonchev–Trinajstić information content (AvgIpc) is 2.68. The van der Waals surface area contributed by atoms with Gasteiger partial charge in [0.25, 0.3) is 0 Å². The maximum atomic E-state index is 14.6. The second kappa shape index (κ2) is 7.58. The summed E-state index contributed by atoms with van der Waals surface area (Å²) in [7, 11) is 0. The van der Waals surface area contributed by atoms with Crippen LogP contribution in [0.1, 0.15) is 19.5 Å². The lowest BCUT2D eigenvalue weighted by molar-refractivity contribution is -0.00547. The Balaban J connectivity index is 1.79. The molecule has 4 heterocycles. The molecule has 1 saturated heterocycles. The molecule has 0 amide bonds. The van der Waals surface area contributed by atoms with Crippen molar-refractivity contribution in [3.8, 4) is 11.4 Å². The Morgan fingerprint density at radius 2 is 1.96 bits per heavy atom. The van der Waals surface area contributed by atoms with E-state index in [2.05, 4.69) is 15.0 Å². The summed E-state index contributed by atoms with van der Waals surface area (Å²) >= 11 is 6.25. The molecule has 0 aliphatic carbocycles. The summed E-state index contributed by atoms with van der Waals surface area (Å²) in [4.78, 5) is 15.5. The minimum absolute atomic E-state index is 0.0358. The average molecular weight is 402 g/mol. The zero-order chi connectivity index (χ0) is 19.8. The molecule has 146 valence electrons. The highest BCUT2D eigenvalue weighted by Gasteiger charge is 2.25. The molecule has 0 unspecified atom stereocenters. The molecule has 1 fully saturated rings. The van der Waals surface area contributed by atoms with Gasteiger partial charge in [-0.05, 0) is 32.0 Å². The number of nitrogens with zero attached hydrogens (tertiary/aromatic N) is 4. The second-order valence-electron chi connectivity index (χ2n) is 7.06. The first-order valence-electron chi connectivity index (χ1n) is 9.17. The van der Waals surface area contributed by atoms with Crippen LogP contribution in [-0.4, -0.2) is 40.2 Å². The molecule has 2 N–H and O–H groups in total. The van der Waals surface area contributed by atoms with Crippen LogP contribution in [0.2, 0.25) is 5.02 Å². The SMILES string of the molecule is C[C@@H]1CN(c2cc(F)c(Cl)c(-c3ccc4cnc(CN)cc4n3)n2)C[C@H](C)O1. The Bertz CT molecular complexity index is 1020. The van der Waals surface area contributed by atoms with Crippen molar-refractivity contribution in [3.63, 3.8) is 0 Å². The Morgan fingerprint density at radius 3 is 2.68 bits per heavy atom. The monoisotopic (exact) mass is 401 g/mol. The number of nitrogens with two attached hydrogens (primary N) is 1. The van der Waals surface area contributed by atoms with Crippen LogP contribution in [0.5, 0.6) is 0 Å². The molecule has 0 aromatic carbocycles. The number of pyridine rings is 3. The molecule has 3 aromatic rings. The third kappa shape index (κ3) is 3.65. The molecule has 1 aliphatic rings. The molecule has 4 rings (SSSR count). The van der Waals surface area contributed by atoms with E-state index >= 15 is 0 Å². The molecule has 2 atom stereocenters. The van der Waals surface area contributed by atoms with Crippen LogP contribution < -0.4 is 10.6 Å². The zero-order valence-corrected chi connectivity index (χ0v) is 16.4. The van der Waals surface area contributed by atoms with Crippen LogP contribution in [0, 0.1) is 5.82 Å². The summed E-state index contributed by atoms with van der Waals surface area (Å²) in [5, 5.41) is 0.822. The van der Waals surface area contributed by atoms with E-state index in [1.165, 1.54) is 6.07 Å². The summed E-state index contributed by atoms with van der Waals surface area (Å²) in [5.74, 6) is 0.00547. The van der Waals surface area contributed by atoms with Crippen LogP contribution in [0.4, 0.5) is 10.2 Å². The van der Waals surface area contributed by atoms with Gasteiger partial charge in [-0.25, -0.2) is 14.4 Å². The number of morpholine rings is 1. The highest BCUT2D eigenvalue weighted by Crippen LogP contribution is 2.32. The number of hydrogen-bond acceptors (Lipinski definition) is 6. The lowest BCUT2D eigenvalue weighted by Crippen LogP contribution is -2.45. The maximum Gasteiger partial charge on any atom is 0.147 e. The lowest BCUT2D eigenvalue weighted by Gasteiger charge is -2.36. The van der Waals surface area contributed by atoms with E-state index in [0.717, 1.165) is 11.1 Å². The first-order valence-corrected chi connectivity index (χ1v) is 9.55. The van der Waals surface area contributed by atoms with Gasteiger partial charge in [0.1, 0.15) is 22.4 Å². The van der Waals surface area contributed by atoms with E-state index in [4.69, 9.17) is 22.1 Å². The van der Waals surface area contributed by atoms with Gasteiger partial charge in [-0.3, -0.25) is 4.98 Å². The highest BCUT2D eigenvalue weighted by atomic mass is 35.5. The minimum atomic E-state index is -0.521. The van der Waals surface area contributed by atoms with Crippen LogP contribution in [0.15, 0.2) is 30.5 Å². The Kier molecular flexibility index (Phi) is 5.14. The van der Waals surface area contributed by atoms with Gasteiger partial charge < -0.3 is 15.4 Å². The lowest BCUT2D eigenvalue weighted by atomic mass is 10.1. The number of hydrogen-bond donors (Lipinski definition) is 1. The fourth-order valence-electron chi connectivity index (χ4n) is 3.48. The standard InChI is InChI=1S/C20H21ClFN5O/c1-11-9-27(10-12(2)28-11)18-6-15(22)19(21)20(26-18)16-4-3-13-8-24-14(7-23)5-17(13)25-16/h3-6,8,11-12H,7,9-10,23H2,1-2H3/t11-,12+. The molecule has 3 aromatic heterocycles. The van der Waals surface area contributed by atoms with Crippen molar-refractivity contribution in [2.24, 2.45) is 5.73 Å². The van der Waals surface area contributed by atoms with Crippen molar-refractivity contribution < 1.29 is 9.13 Å². The number of anilines is 1. The molecule has 0 bridgehead atoms. The third-order valence-corrected chi connectivity index (χ3v) is 5.08. The highest BCUT2D eigenvalue weighted by molar-refractivity contribution is 6.33. The van der Waals surface area contributed by atoms with Gasteiger partial charge >= 0.3 is 0 Å². The van der Waals surface area contributed by atoms with Crippen molar-refractivity contribution in [2.45, 2.75) is 32.6 Å². The van der Waals surface area contributed by atoms with Gasteiger partial charge in [0.2, 0.25) is 0 Å². The first-order chi connectivity index (χ1) is 13.4. The summed E-state index contributed by atoms with van der Waals surface area (Å²) < 4.78 is 20.4. The normalized spacial score (nSPS) is 20.0. The quantitative estimate of drug-likeness (QED) is 0.723. The van der Waals surface area contributed by atoms with Gasteiger partial charge in [-0.2, -0.15) is 0 Å². The van der Waals surface area contributed by atoms with Crippen LogP contribution in [0.25, 0.3) is 22.3 Å². The number of ether oxygens (including phenoxy) is 1. The Hall–Kier alpha value is -2.35. The van der Waals surface area contributed by atoms with Crippen LogP contribution in [0.3, 0.4) is 0 Å². The van der Waals surface area contributed by atoms with Gasteiger partial charge in [0, 0.05) is 37.3 Å². The fourth-order valence-corrected chi connectivity index (χ4v) is 3.68. The second-order valence-corrected chi connectivity index (χ2v) is 7.43. The van der Waals surface area contributed by atoms with E-state index in [9.17, 15) is 4.39 Å². The third-order valence-electron chi connectivity index (χ3n) is 4.73. The van der Waals surface area contributed by atoms with Crippen LogP contribution >= 0.6 is 11.6 Å². The van der Waals surface area contributed by atoms with Crippen LogP contribution in [-0.2, 0) is 11.3 Å². The van der Waals surface area contributed by atoms with E-state index in [1.54, 1.807) is 12.3 Å². The number of aromatic nitrogens is 3. The molecule has 8 heteroatoms. The van der Waals surface area contributed by atoms with Gasteiger partial charge in [0.05, 0.1) is 29.1 Å². The van der Waals surface area contributed by atoms with Crippen molar-refractivity contribution in [2.75, 3.05) is 18.0 Å². The van der Waals surface area contributed by atoms with E-state index in [-0.39, 0.29) is 17.2 Å². The molecule has 1 aliphatic heterocycles.